The first-order valence-electron chi connectivity index (χ1n) is 8.88. The number of aromatic nitrogens is 2. The highest BCUT2D eigenvalue weighted by Crippen LogP contribution is 2.20. The molecule has 1 fully saturated rings. The van der Waals surface area contributed by atoms with E-state index in [-0.39, 0.29) is 29.6 Å². The van der Waals surface area contributed by atoms with Gasteiger partial charge in [0.25, 0.3) is 5.56 Å². The number of rotatable bonds is 5. The van der Waals surface area contributed by atoms with E-state index in [0.29, 0.717) is 25.4 Å². The van der Waals surface area contributed by atoms with E-state index in [0.717, 1.165) is 17.4 Å². The number of hydrogen-bond acceptors (Lipinski definition) is 4. The smallest absolute Gasteiger partial charge is 0.328 e. The largest absolute Gasteiger partial charge is 0.493 e. The van der Waals surface area contributed by atoms with Crippen molar-refractivity contribution in [3.63, 3.8) is 0 Å². The molecule has 0 aliphatic carbocycles. The Bertz CT molecular complexity index is 937. The minimum Gasteiger partial charge on any atom is -0.493 e. The molecule has 1 amide bonds. The molecule has 27 heavy (non-hydrogen) atoms. The molecule has 0 saturated carbocycles. The van der Waals surface area contributed by atoms with Crippen LogP contribution in [-0.4, -0.2) is 40.1 Å². The minimum atomic E-state index is -0.510. The second kappa shape index (κ2) is 8.20. The highest BCUT2D eigenvalue weighted by Gasteiger charge is 2.25. The summed E-state index contributed by atoms with van der Waals surface area (Å²) in [6.07, 6.45) is 3.00. The number of piperidine rings is 1. The Morgan fingerprint density at radius 3 is 2.96 bits per heavy atom. The van der Waals surface area contributed by atoms with Gasteiger partial charge in [0.05, 0.1) is 13.0 Å². The number of ether oxygens (including phenoxy) is 1. The van der Waals surface area contributed by atoms with Crippen LogP contribution in [0.25, 0.3) is 0 Å². The average molecular weight is 375 g/mol. The Kier molecular flexibility index (Phi) is 5.73. The zero-order chi connectivity index (χ0) is 19.4. The van der Waals surface area contributed by atoms with Crippen molar-refractivity contribution >= 4 is 5.91 Å². The number of amides is 1. The number of hydrogen-bond donors (Lipinski definition) is 1. The van der Waals surface area contributed by atoms with E-state index < -0.39 is 11.2 Å². The maximum Gasteiger partial charge on any atom is 0.328 e. The molecule has 0 radical (unpaired) electrons. The van der Waals surface area contributed by atoms with Gasteiger partial charge in [-0.1, -0.05) is 6.07 Å². The first kappa shape index (κ1) is 18.9. The third-order valence-electron chi connectivity index (χ3n) is 4.75. The summed E-state index contributed by atoms with van der Waals surface area (Å²) in [5.74, 6) is 0.101. The lowest BCUT2D eigenvalue weighted by atomic mass is 9.98. The number of carbonyl (C=O) groups is 1. The predicted octanol–water partition coefficient (Wildman–Crippen LogP) is 1.07. The van der Waals surface area contributed by atoms with Gasteiger partial charge in [-0.2, -0.15) is 0 Å². The Morgan fingerprint density at radius 2 is 2.19 bits per heavy atom. The number of H-pyrrole nitrogens is 1. The normalized spacial score (nSPS) is 17.0. The van der Waals surface area contributed by atoms with Gasteiger partial charge in [0.15, 0.2) is 0 Å². The Labute approximate surface area is 155 Å². The summed E-state index contributed by atoms with van der Waals surface area (Å²) in [5.41, 5.74) is -0.709. The molecule has 1 N–H and O–H groups in total. The third-order valence-corrected chi connectivity index (χ3v) is 4.75. The molecule has 0 spiro atoms. The van der Waals surface area contributed by atoms with Crippen LogP contribution in [0.5, 0.6) is 5.75 Å². The summed E-state index contributed by atoms with van der Waals surface area (Å²) in [4.78, 5) is 40.2. The van der Waals surface area contributed by atoms with Crippen LogP contribution in [0.2, 0.25) is 0 Å². The van der Waals surface area contributed by atoms with Crippen molar-refractivity contribution in [1.82, 2.24) is 14.5 Å². The van der Waals surface area contributed by atoms with Crippen molar-refractivity contribution in [2.75, 3.05) is 19.7 Å². The molecule has 1 atom stereocenters. The van der Waals surface area contributed by atoms with Gasteiger partial charge in [0.1, 0.15) is 11.6 Å². The van der Waals surface area contributed by atoms with Gasteiger partial charge in [-0.3, -0.25) is 14.2 Å². The predicted molar refractivity (Wildman–Crippen MR) is 97.2 cm³/mol. The Balaban J connectivity index is 1.59. The number of nitrogens with zero attached hydrogens (tertiary/aromatic N) is 2. The lowest BCUT2D eigenvalue weighted by Gasteiger charge is -2.32. The molecule has 1 aromatic carbocycles. The maximum absolute atomic E-state index is 13.2. The molecule has 2 heterocycles. The third kappa shape index (κ3) is 4.64. The highest BCUT2D eigenvalue weighted by atomic mass is 19.1. The molecule has 144 valence electrons. The summed E-state index contributed by atoms with van der Waals surface area (Å²) < 4.78 is 19.8. The van der Waals surface area contributed by atoms with Crippen molar-refractivity contribution in [3.8, 4) is 5.75 Å². The van der Waals surface area contributed by atoms with E-state index in [2.05, 4.69) is 4.98 Å². The molecule has 3 rings (SSSR count). The molecule has 2 aromatic rings. The van der Waals surface area contributed by atoms with Crippen LogP contribution in [0.3, 0.4) is 0 Å². The molecule has 8 heteroatoms. The van der Waals surface area contributed by atoms with Gasteiger partial charge in [-0.05, 0) is 25.0 Å². The number of nitrogens with one attached hydrogen (secondary N) is 1. The lowest BCUT2D eigenvalue weighted by Crippen LogP contribution is -2.43. The maximum atomic E-state index is 13.2. The topological polar surface area (TPSA) is 84.4 Å². The SMILES string of the molecule is Cn1c(=O)[nH]cc(CC(=O)N2CCCC(COc3cccc(F)c3)C2)c1=O. The second-order valence-corrected chi connectivity index (χ2v) is 6.78. The van der Waals surface area contributed by atoms with Crippen molar-refractivity contribution < 1.29 is 13.9 Å². The molecule has 1 aliphatic heterocycles. The van der Waals surface area contributed by atoms with Gasteiger partial charge in [0.2, 0.25) is 5.91 Å². The molecule has 1 aliphatic rings. The van der Waals surface area contributed by atoms with Crippen molar-refractivity contribution in [1.29, 1.82) is 0 Å². The van der Waals surface area contributed by atoms with E-state index in [1.165, 1.54) is 25.4 Å². The minimum absolute atomic E-state index is 0.0546. The number of aromatic amines is 1. The molecule has 1 unspecified atom stereocenters. The van der Waals surface area contributed by atoms with Crippen LogP contribution >= 0.6 is 0 Å². The standard InChI is InChI=1S/C19H22FN3O4/c1-22-18(25)14(10-21-19(22)26)8-17(24)23-7-3-4-13(11-23)12-27-16-6-2-5-15(20)9-16/h2,5-6,9-10,13H,3-4,7-8,11-12H2,1H3,(H,21,26). The monoisotopic (exact) mass is 375 g/mol. The fourth-order valence-electron chi connectivity index (χ4n) is 3.21. The molecule has 7 nitrogen and oxygen atoms in total. The fraction of sp³-hybridized carbons (Fsp3) is 0.421. The zero-order valence-electron chi connectivity index (χ0n) is 15.1. The first-order chi connectivity index (χ1) is 12.9. The van der Waals surface area contributed by atoms with Crippen LogP contribution in [-0.2, 0) is 18.3 Å². The van der Waals surface area contributed by atoms with Crippen molar-refractivity contribution in [3.05, 3.63) is 62.7 Å². The highest BCUT2D eigenvalue weighted by molar-refractivity contribution is 5.78. The van der Waals surface area contributed by atoms with Gasteiger partial charge in [-0.25, -0.2) is 9.18 Å². The number of halogens is 1. The van der Waals surface area contributed by atoms with Crippen LogP contribution in [0.15, 0.2) is 40.1 Å². The molecule has 1 aromatic heterocycles. The quantitative estimate of drug-likeness (QED) is 0.847. The first-order valence-corrected chi connectivity index (χ1v) is 8.88. The number of benzene rings is 1. The Morgan fingerprint density at radius 1 is 1.37 bits per heavy atom. The summed E-state index contributed by atoms with van der Waals surface area (Å²) in [7, 11) is 1.37. The Hall–Kier alpha value is -2.90. The molecular formula is C19H22FN3O4. The molecule has 1 saturated heterocycles. The summed E-state index contributed by atoms with van der Waals surface area (Å²) >= 11 is 0. The summed E-state index contributed by atoms with van der Waals surface area (Å²) in [5, 5.41) is 0. The average Bonchev–Trinajstić information content (AvgIpc) is 2.67. The van der Waals surface area contributed by atoms with Crippen LogP contribution in [0.1, 0.15) is 18.4 Å². The van der Waals surface area contributed by atoms with Gasteiger partial charge < -0.3 is 14.6 Å². The van der Waals surface area contributed by atoms with Crippen LogP contribution < -0.4 is 16.0 Å². The number of carbonyl (C=O) groups excluding carboxylic acids is 1. The zero-order valence-corrected chi connectivity index (χ0v) is 15.1. The van der Waals surface area contributed by atoms with Crippen molar-refractivity contribution in [2.45, 2.75) is 19.3 Å². The summed E-state index contributed by atoms with van der Waals surface area (Å²) in [6, 6.07) is 5.97. The fourth-order valence-corrected chi connectivity index (χ4v) is 3.21. The van der Waals surface area contributed by atoms with Crippen molar-refractivity contribution in [2.24, 2.45) is 13.0 Å². The van der Waals surface area contributed by atoms with Gasteiger partial charge >= 0.3 is 5.69 Å². The van der Waals surface area contributed by atoms with Crippen LogP contribution in [0, 0.1) is 11.7 Å². The van der Waals surface area contributed by atoms with Gasteiger partial charge in [0, 0.05) is 43.9 Å². The number of likely N-dealkylation sites (tertiary alicyclic amines) is 1. The van der Waals surface area contributed by atoms with E-state index in [4.69, 9.17) is 4.74 Å². The molecule has 0 bridgehead atoms. The summed E-state index contributed by atoms with van der Waals surface area (Å²) in [6.45, 7) is 1.55. The van der Waals surface area contributed by atoms with Crippen LogP contribution in [0.4, 0.5) is 4.39 Å². The molecular weight excluding hydrogens is 353 g/mol. The van der Waals surface area contributed by atoms with E-state index in [1.54, 1.807) is 17.0 Å². The van der Waals surface area contributed by atoms with E-state index in [1.807, 2.05) is 0 Å². The lowest BCUT2D eigenvalue weighted by molar-refractivity contribution is -0.132. The second-order valence-electron chi connectivity index (χ2n) is 6.78. The van der Waals surface area contributed by atoms with E-state index >= 15 is 0 Å². The van der Waals surface area contributed by atoms with E-state index in [9.17, 15) is 18.8 Å². The van der Waals surface area contributed by atoms with Gasteiger partial charge in [-0.15, -0.1) is 0 Å².